The van der Waals surface area contributed by atoms with Crippen molar-refractivity contribution < 1.29 is 4.79 Å². The zero-order valence-corrected chi connectivity index (χ0v) is 9.95. The molecule has 82 valence electrons. The number of hydrogen-bond acceptors (Lipinski definition) is 1. The van der Waals surface area contributed by atoms with Crippen molar-refractivity contribution in [1.82, 2.24) is 0 Å². The maximum atomic E-state index is 11.3. The van der Waals surface area contributed by atoms with Crippen LogP contribution in [0, 0.1) is 0 Å². The van der Waals surface area contributed by atoms with Gasteiger partial charge in [0.1, 0.15) is 0 Å². The third kappa shape index (κ3) is 2.82. The predicted molar refractivity (Wildman–Crippen MR) is 64.2 cm³/mol. The summed E-state index contributed by atoms with van der Waals surface area (Å²) in [4.78, 5) is 13.1. The number of nitrogens with zero attached hydrogens (tertiary/aromatic N) is 1. The van der Waals surface area contributed by atoms with Crippen LogP contribution in [0.3, 0.4) is 0 Å². The van der Waals surface area contributed by atoms with Crippen LogP contribution in [0.2, 0.25) is 0 Å². The molecule has 0 aliphatic heterocycles. The van der Waals surface area contributed by atoms with E-state index in [0.717, 1.165) is 12.2 Å². The second-order valence-corrected chi connectivity index (χ2v) is 4.01. The summed E-state index contributed by atoms with van der Waals surface area (Å²) in [5.41, 5.74) is 2.28. The van der Waals surface area contributed by atoms with Crippen LogP contribution in [0.25, 0.3) is 0 Å². The fourth-order valence-electron chi connectivity index (χ4n) is 1.63. The van der Waals surface area contributed by atoms with Crippen LogP contribution in [-0.2, 0) is 4.79 Å². The van der Waals surface area contributed by atoms with E-state index in [0.29, 0.717) is 5.92 Å². The normalized spacial score (nSPS) is 10.5. The fourth-order valence-corrected chi connectivity index (χ4v) is 1.63. The van der Waals surface area contributed by atoms with Gasteiger partial charge in [-0.05, 0) is 30.5 Å². The van der Waals surface area contributed by atoms with Gasteiger partial charge in [0.25, 0.3) is 0 Å². The van der Waals surface area contributed by atoms with Gasteiger partial charge in [0.2, 0.25) is 5.91 Å². The van der Waals surface area contributed by atoms with Gasteiger partial charge in [0.15, 0.2) is 0 Å². The van der Waals surface area contributed by atoms with Crippen molar-refractivity contribution in [3.05, 3.63) is 29.8 Å². The summed E-state index contributed by atoms with van der Waals surface area (Å²) in [5, 5.41) is 0. The minimum absolute atomic E-state index is 0.0924. The predicted octanol–water partition coefficient (Wildman–Crippen LogP) is 3.18. The number of benzene rings is 1. The summed E-state index contributed by atoms with van der Waals surface area (Å²) >= 11 is 0. The third-order valence-corrected chi connectivity index (χ3v) is 2.57. The highest BCUT2D eigenvalue weighted by Gasteiger charge is 2.08. The van der Waals surface area contributed by atoms with Gasteiger partial charge < -0.3 is 4.90 Å². The monoisotopic (exact) mass is 205 g/mol. The smallest absolute Gasteiger partial charge is 0.223 e. The maximum Gasteiger partial charge on any atom is 0.223 e. The van der Waals surface area contributed by atoms with E-state index in [1.807, 2.05) is 19.1 Å². The van der Waals surface area contributed by atoms with Crippen LogP contribution in [0.4, 0.5) is 5.69 Å². The lowest BCUT2D eigenvalue weighted by Gasteiger charge is -2.19. The molecule has 0 unspecified atom stereocenters. The van der Waals surface area contributed by atoms with E-state index < -0.39 is 0 Å². The Morgan fingerprint density at radius 3 is 2.13 bits per heavy atom. The summed E-state index contributed by atoms with van der Waals surface area (Å²) in [5.74, 6) is 0.626. The molecule has 1 rings (SSSR count). The van der Waals surface area contributed by atoms with Crippen LogP contribution in [-0.4, -0.2) is 12.5 Å². The van der Waals surface area contributed by atoms with Crippen LogP contribution in [0.15, 0.2) is 24.3 Å². The van der Waals surface area contributed by atoms with Crippen LogP contribution in [0.1, 0.15) is 39.2 Å². The molecule has 0 aliphatic carbocycles. The summed E-state index contributed by atoms with van der Waals surface area (Å²) in [6, 6.07) is 8.21. The molecule has 0 heterocycles. The standard InChI is InChI=1S/C13H19NO/c1-5-14(11(4)15)13-8-6-12(7-9-13)10(2)3/h6-10H,5H2,1-4H3. The van der Waals surface area contributed by atoms with Gasteiger partial charge in [-0.2, -0.15) is 0 Å². The van der Waals surface area contributed by atoms with E-state index >= 15 is 0 Å². The Labute approximate surface area is 91.9 Å². The molecule has 0 saturated carbocycles. The Morgan fingerprint density at radius 2 is 1.80 bits per heavy atom. The van der Waals surface area contributed by atoms with E-state index in [1.54, 1.807) is 11.8 Å². The first kappa shape index (κ1) is 11.8. The Bertz CT molecular complexity index is 327. The minimum atomic E-state index is 0.0924. The quantitative estimate of drug-likeness (QED) is 0.742. The van der Waals surface area contributed by atoms with Crippen molar-refractivity contribution in [1.29, 1.82) is 0 Å². The lowest BCUT2D eigenvalue weighted by atomic mass is 10.0. The Hall–Kier alpha value is -1.31. The zero-order valence-electron chi connectivity index (χ0n) is 9.95. The van der Waals surface area contributed by atoms with Gasteiger partial charge in [0, 0.05) is 19.2 Å². The number of amides is 1. The summed E-state index contributed by atoms with van der Waals surface area (Å²) < 4.78 is 0. The molecular weight excluding hydrogens is 186 g/mol. The second-order valence-electron chi connectivity index (χ2n) is 4.01. The van der Waals surface area contributed by atoms with E-state index in [2.05, 4.69) is 26.0 Å². The topological polar surface area (TPSA) is 20.3 Å². The van der Waals surface area contributed by atoms with Gasteiger partial charge in [0.05, 0.1) is 0 Å². The SMILES string of the molecule is CCN(C(C)=O)c1ccc(C(C)C)cc1. The first-order chi connectivity index (χ1) is 7.06. The summed E-state index contributed by atoms with van der Waals surface area (Å²) in [6.45, 7) is 8.63. The number of carbonyl (C=O) groups is 1. The van der Waals surface area contributed by atoms with Crippen molar-refractivity contribution >= 4 is 11.6 Å². The molecule has 0 spiro atoms. The highest BCUT2D eigenvalue weighted by atomic mass is 16.2. The van der Waals surface area contributed by atoms with Crippen molar-refractivity contribution in [3.63, 3.8) is 0 Å². The van der Waals surface area contributed by atoms with Crippen molar-refractivity contribution in [2.24, 2.45) is 0 Å². The van der Waals surface area contributed by atoms with Gasteiger partial charge in [-0.1, -0.05) is 26.0 Å². The maximum absolute atomic E-state index is 11.3. The van der Waals surface area contributed by atoms with Gasteiger partial charge in [-0.15, -0.1) is 0 Å². The molecule has 0 saturated heterocycles. The van der Waals surface area contributed by atoms with E-state index in [-0.39, 0.29) is 5.91 Å². The molecular formula is C13H19NO. The molecule has 1 aromatic rings. The second kappa shape index (κ2) is 4.96. The Kier molecular flexibility index (Phi) is 3.89. The molecule has 0 bridgehead atoms. The number of carbonyl (C=O) groups excluding carboxylic acids is 1. The molecule has 0 fully saturated rings. The fraction of sp³-hybridized carbons (Fsp3) is 0.462. The average Bonchev–Trinajstić information content (AvgIpc) is 2.19. The number of rotatable bonds is 3. The molecule has 0 aromatic heterocycles. The highest BCUT2D eigenvalue weighted by Crippen LogP contribution is 2.19. The van der Waals surface area contributed by atoms with Gasteiger partial charge in [-0.3, -0.25) is 4.79 Å². The molecule has 2 nitrogen and oxygen atoms in total. The third-order valence-electron chi connectivity index (χ3n) is 2.57. The molecule has 15 heavy (non-hydrogen) atoms. The number of hydrogen-bond donors (Lipinski definition) is 0. The van der Waals surface area contributed by atoms with Crippen molar-refractivity contribution in [2.75, 3.05) is 11.4 Å². The Balaban J connectivity index is 2.92. The van der Waals surface area contributed by atoms with Crippen LogP contribution in [0.5, 0.6) is 0 Å². The lowest BCUT2D eigenvalue weighted by molar-refractivity contribution is -0.116. The zero-order chi connectivity index (χ0) is 11.4. The summed E-state index contributed by atoms with van der Waals surface area (Å²) in [7, 11) is 0. The van der Waals surface area contributed by atoms with Crippen LogP contribution >= 0.6 is 0 Å². The molecule has 1 amide bonds. The van der Waals surface area contributed by atoms with E-state index in [1.165, 1.54) is 5.56 Å². The first-order valence-electron chi connectivity index (χ1n) is 5.44. The van der Waals surface area contributed by atoms with Crippen LogP contribution < -0.4 is 4.90 Å². The van der Waals surface area contributed by atoms with Gasteiger partial charge in [-0.25, -0.2) is 0 Å². The molecule has 0 aliphatic rings. The van der Waals surface area contributed by atoms with Crippen molar-refractivity contribution in [3.8, 4) is 0 Å². The van der Waals surface area contributed by atoms with E-state index in [9.17, 15) is 4.79 Å². The molecule has 1 aromatic carbocycles. The molecule has 0 radical (unpaired) electrons. The molecule has 0 N–H and O–H groups in total. The highest BCUT2D eigenvalue weighted by molar-refractivity contribution is 5.91. The van der Waals surface area contributed by atoms with Crippen molar-refractivity contribution in [2.45, 2.75) is 33.6 Å². The first-order valence-corrected chi connectivity index (χ1v) is 5.44. The summed E-state index contributed by atoms with van der Waals surface area (Å²) in [6.07, 6.45) is 0. The minimum Gasteiger partial charge on any atom is -0.313 e. The number of anilines is 1. The largest absolute Gasteiger partial charge is 0.313 e. The van der Waals surface area contributed by atoms with E-state index in [4.69, 9.17) is 0 Å². The van der Waals surface area contributed by atoms with Gasteiger partial charge >= 0.3 is 0 Å². The molecule has 2 heteroatoms. The average molecular weight is 205 g/mol. The Morgan fingerprint density at radius 1 is 1.27 bits per heavy atom. The lowest BCUT2D eigenvalue weighted by Crippen LogP contribution is -2.27. The molecule has 0 atom stereocenters.